The summed E-state index contributed by atoms with van der Waals surface area (Å²) in [4.78, 5) is 4.55. The predicted molar refractivity (Wildman–Crippen MR) is 82.7 cm³/mol. The van der Waals surface area contributed by atoms with Gasteiger partial charge in [-0.25, -0.2) is 4.98 Å². The fourth-order valence-corrected chi connectivity index (χ4v) is 3.51. The molecule has 1 aromatic heterocycles. The van der Waals surface area contributed by atoms with Gasteiger partial charge in [-0.3, -0.25) is 0 Å². The average molecular weight is 372 g/mol. The molecular weight excluding hydrogens is 363 g/mol. The number of benzene rings is 2. The van der Waals surface area contributed by atoms with E-state index in [1.165, 1.54) is 23.5 Å². The van der Waals surface area contributed by atoms with Crippen LogP contribution in [0.3, 0.4) is 0 Å². The lowest BCUT2D eigenvalue weighted by molar-refractivity contribution is -0.137. The van der Waals surface area contributed by atoms with Gasteiger partial charge >= 0.3 is 6.18 Å². The van der Waals surface area contributed by atoms with Gasteiger partial charge in [0.15, 0.2) is 0 Å². The van der Waals surface area contributed by atoms with E-state index in [2.05, 4.69) is 20.9 Å². The first kappa shape index (κ1) is 14.5. The van der Waals surface area contributed by atoms with E-state index in [4.69, 9.17) is 0 Å². The summed E-state index contributed by atoms with van der Waals surface area (Å²) in [5.41, 5.74) is 2.02. The number of rotatable bonds is 2. The van der Waals surface area contributed by atoms with Crippen molar-refractivity contribution in [1.82, 2.24) is 4.98 Å². The lowest BCUT2D eigenvalue weighted by Gasteiger charge is -2.06. The summed E-state index contributed by atoms with van der Waals surface area (Å²) in [5, 5.41) is 1.42. The maximum atomic E-state index is 12.6. The van der Waals surface area contributed by atoms with Crippen LogP contribution in [0.2, 0.25) is 0 Å². The molecule has 2 aromatic carbocycles. The van der Waals surface area contributed by atoms with E-state index in [1.54, 1.807) is 0 Å². The third kappa shape index (κ3) is 2.82. The van der Waals surface area contributed by atoms with Crippen LogP contribution in [0.5, 0.6) is 0 Å². The third-order valence-electron chi connectivity index (χ3n) is 3.11. The van der Waals surface area contributed by atoms with Gasteiger partial charge in [0.05, 0.1) is 15.8 Å². The van der Waals surface area contributed by atoms with Crippen molar-refractivity contribution in [2.45, 2.75) is 11.5 Å². The normalized spacial score (nSPS) is 12.0. The summed E-state index contributed by atoms with van der Waals surface area (Å²) in [6.45, 7) is 0. The smallest absolute Gasteiger partial charge is 0.236 e. The first-order valence-corrected chi connectivity index (χ1v) is 8.05. The molecule has 0 aliphatic carbocycles. The monoisotopic (exact) mass is 371 g/mol. The number of hydrogen-bond acceptors (Lipinski definition) is 2. The van der Waals surface area contributed by atoms with Gasteiger partial charge in [-0.1, -0.05) is 40.2 Å². The van der Waals surface area contributed by atoms with Crippen molar-refractivity contribution >= 4 is 37.5 Å². The molecule has 0 bridgehead atoms. The van der Waals surface area contributed by atoms with Crippen LogP contribution in [0.25, 0.3) is 20.8 Å². The zero-order valence-electron chi connectivity index (χ0n) is 10.6. The van der Waals surface area contributed by atoms with Crippen molar-refractivity contribution in [1.29, 1.82) is 0 Å². The largest absolute Gasteiger partial charge is 0.416 e. The Morgan fingerprint density at radius 2 is 1.76 bits per heavy atom. The topological polar surface area (TPSA) is 12.9 Å². The van der Waals surface area contributed by atoms with E-state index in [-0.39, 0.29) is 0 Å². The quantitative estimate of drug-likeness (QED) is 0.512. The molecule has 0 aliphatic heterocycles. The van der Waals surface area contributed by atoms with Crippen LogP contribution >= 0.6 is 27.3 Å². The van der Waals surface area contributed by atoms with E-state index >= 15 is 0 Å². The Kier molecular flexibility index (Phi) is 3.75. The van der Waals surface area contributed by atoms with Crippen LogP contribution in [0.15, 0.2) is 42.5 Å². The number of halogens is 4. The minimum absolute atomic E-state index is 0.645. The summed E-state index contributed by atoms with van der Waals surface area (Å²) in [6.07, 6.45) is -4.31. The van der Waals surface area contributed by atoms with E-state index in [0.717, 1.165) is 32.9 Å². The number of hydrogen-bond donors (Lipinski definition) is 0. The van der Waals surface area contributed by atoms with E-state index in [1.807, 2.05) is 18.2 Å². The molecule has 3 aromatic rings. The van der Waals surface area contributed by atoms with Crippen molar-refractivity contribution in [3.63, 3.8) is 0 Å². The molecule has 0 radical (unpaired) electrons. The van der Waals surface area contributed by atoms with Gasteiger partial charge in [-0.15, -0.1) is 11.3 Å². The molecule has 6 heteroatoms. The Morgan fingerprint density at radius 1 is 1.05 bits per heavy atom. The van der Waals surface area contributed by atoms with Crippen molar-refractivity contribution in [3.05, 3.63) is 53.6 Å². The molecule has 0 saturated carbocycles. The Balaban J connectivity index is 2.04. The Hall–Kier alpha value is -1.40. The summed E-state index contributed by atoms with van der Waals surface area (Å²) in [5.74, 6) is 0. The maximum absolute atomic E-state index is 12.6. The van der Waals surface area contributed by atoms with E-state index in [0.29, 0.717) is 10.9 Å². The highest BCUT2D eigenvalue weighted by molar-refractivity contribution is 9.08. The molecule has 3 rings (SSSR count). The minimum atomic E-state index is -4.31. The number of alkyl halides is 4. The van der Waals surface area contributed by atoms with Crippen LogP contribution in [-0.4, -0.2) is 4.98 Å². The van der Waals surface area contributed by atoms with Crippen LogP contribution < -0.4 is 0 Å². The average Bonchev–Trinajstić information content (AvgIpc) is 2.90. The molecule has 1 nitrogen and oxygen atoms in total. The van der Waals surface area contributed by atoms with Crippen molar-refractivity contribution < 1.29 is 13.2 Å². The summed E-state index contributed by atoms with van der Waals surface area (Å²) < 4.78 is 38.7. The first-order chi connectivity index (χ1) is 9.99. The Morgan fingerprint density at radius 3 is 2.38 bits per heavy atom. The van der Waals surface area contributed by atoms with Crippen LogP contribution in [-0.2, 0) is 11.5 Å². The molecule has 21 heavy (non-hydrogen) atoms. The molecule has 0 aliphatic rings. The number of thiazole rings is 1. The molecule has 0 amide bonds. The van der Waals surface area contributed by atoms with Crippen LogP contribution in [0.1, 0.15) is 11.1 Å². The number of aromatic nitrogens is 1. The minimum Gasteiger partial charge on any atom is -0.236 e. The summed E-state index contributed by atoms with van der Waals surface area (Å²) >= 11 is 4.90. The second-order valence-electron chi connectivity index (χ2n) is 4.49. The van der Waals surface area contributed by atoms with Crippen molar-refractivity contribution in [2.75, 3.05) is 0 Å². The lowest BCUT2D eigenvalue weighted by Crippen LogP contribution is -2.03. The first-order valence-electron chi connectivity index (χ1n) is 6.11. The lowest BCUT2D eigenvalue weighted by atomic mass is 10.1. The zero-order valence-corrected chi connectivity index (χ0v) is 13.0. The van der Waals surface area contributed by atoms with Crippen molar-refractivity contribution in [3.8, 4) is 10.6 Å². The van der Waals surface area contributed by atoms with Gasteiger partial charge in [0, 0.05) is 10.9 Å². The Labute approximate surface area is 131 Å². The van der Waals surface area contributed by atoms with E-state index in [9.17, 15) is 13.2 Å². The second kappa shape index (κ2) is 5.42. The molecule has 0 N–H and O–H groups in total. The van der Waals surface area contributed by atoms with Crippen LogP contribution in [0.4, 0.5) is 13.2 Å². The predicted octanol–water partition coefficient (Wildman–Crippen LogP) is 5.88. The van der Waals surface area contributed by atoms with Gasteiger partial charge in [0.25, 0.3) is 0 Å². The molecule has 108 valence electrons. The fourth-order valence-electron chi connectivity index (χ4n) is 2.04. The highest BCUT2D eigenvalue weighted by Gasteiger charge is 2.30. The molecule has 0 atom stereocenters. The molecular formula is C15H9BrF3NS. The van der Waals surface area contributed by atoms with Gasteiger partial charge in [0.1, 0.15) is 5.01 Å². The van der Waals surface area contributed by atoms with Gasteiger partial charge in [-0.05, 0) is 23.8 Å². The molecule has 0 saturated heterocycles. The standard InChI is InChI=1S/C15H9BrF3NS/c16-8-10-2-1-3-12-13(10)20-14(21-12)9-4-6-11(7-5-9)15(17,18)19/h1-7H,8H2. The van der Waals surface area contributed by atoms with Gasteiger partial charge < -0.3 is 0 Å². The van der Waals surface area contributed by atoms with Gasteiger partial charge in [0.2, 0.25) is 0 Å². The van der Waals surface area contributed by atoms with Crippen LogP contribution in [0, 0.1) is 0 Å². The molecule has 0 spiro atoms. The number of para-hydroxylation sites is 1. The summed E-state index contributed by atoms with van der Waals surface area (Å²) in [7, 11) is 0. The molecule has 0 unspecified atom stereocenters. The highest BCUT2D eigenvalue weighted by Crippen LogP contribution is 2.34. The number of nitrogens with zero attached hydrogens (tertiary/aromatic N) is 1. The fraction of sp³-hybridized carbons (Fsp3) is 0.133. The second-order valence-corrected chi connectivity index (χ2v) is 6.08. The van der Waals surface area contributed by atoms with Gasteiger partial charge in [-0.2, -0.15) is 13.2 Å². The summed E-state index contributed by atoms with van der Waals surface area (Å²) in [6, 6.07) is 11.0. The van der Waals surface area contributed by atoms with Crippen molar-refractivity contribution in [2.24, 2.45) is 0 Å². The zero-order chi connectivity index (χ0) is 15.0. The Bertz CT molecular complexity index is 778. The SMILES string of the molecule is FC(F)(F)c1ccc(-c2nc3c(CBr)cccc3s2)cc1. The maximum Gasteiger partial charge on any atom is 0.416 e. The molecule has 1 heterocycles. The molecule has 0 fully saturated rings. The highest BCUT2D eigenvalue weighted by atomic mass is 79.9. The number of fused-ring (bicyclic) bond motifs is 1. The third-order valence-corrected chi connectivity index (χ3v) is 4.78. The van der Waals surface area contributed by atoms with E-state index < -0.39 is 11.7 Å².